The fourth-order valence-electron chi connectivity index (χ4n) is 1.32. The lowest BCUT2D eigenvalue weighted by molar-refractivity contribution is 0.438. The number of allylic oxidation sites excluding steroid dienone is 1. The van der Waals surface area contributed by atoms with E-state index in [-0.39, 0.29) is 0 Å². The Morgan fingerprint density at radius 3 is 3.00 bits per heavy atom. The van der Waals surface area contributed by atoms with Crippen LogP contribution < -0.4 is 5.32 Å². The van der Waals surface area contributed by atoms with E-state index in [1.807, 2.05) is 0 Å². The van der Waals surface area contributed by atoms with Gasteiger partial charge in [0.2, 0.25) is 0 Å². The summed E-state index contributed by atoms with van der Waals surface area (Å²) in [4.78, 5) is 0. The summed E-state index contributed by atoms with van der Waals surface area (Å²) in [6.45, 7) is 4.49. The molecule has 0 aliphatic carbocycles. The third-order valence-corrected chi connectivity index (χ3v) is 1.80. The van der Waals surface area contributed by atoms with E-state index in [4.69, 9.17) is 0 Å². The minimum absolute atomic E-state index is 0.809. The number of piperidine rings is 1. The van der Waals surface area contributed by atoms with Gasteiger partial charge in [-0.25, -0.2) is 0 Å². The molecule has 0 radical (unpaired) electrons. The lowest BCUT2D eigenvalue weighted by Gasteiger charge is -2.18. The second kappa shape index (κ2) is 3.67. The van der Waals surface area contributed by atoms with Gasteiger partial charge in [0, 0.05) is 6.54 Å². The van der Waals surface area contributed by atoms with Crippen molar-refractivity contribution in [2.24, 2.45) is 5.92 Å². The molecule has 0 aromatic carbocycles. The summed E-state index contributed by atoms with van der Waals surface area (Å²) in [7, 11) is 0. The first-order valence-electron chi connectivity index (χ1n) is 3.77. The Bertz CT molecular complexity index is 90.7. The van der Waals surface area contributed by atoms with Gasteiger partial charge in [0.1, 0.15) is 0 Å². The molecular formula is C8H15N. The summed E-state index contributed by atoms with van der Waals surface area (Å²) in [5.74, 6) is 0.809. The molecule has 1 nitrogen and oxygen atoms in total. The fourth-order valence-corrected chi connectivity index (χ4v) is 1.32. The van der Waals surface area contributed by atoms with E-state index in [2.05, 4.69) is 24.4 Å². The minimum atomic E-state index is 0.809. The second-order valence-corrected chi connectivity index (χ2v) is 2.63. The highest BCUT2D eigenvalue weighted by Crippen LogP contribution is 2.10. The van der Waals surface area contributed by atoms with Crippen molar-refractivity contribution in [2.45, 2.75) is 19.8 Å². The Morgan fingerprint density at radius 1 is 1.56 bits per heavy atom. The van der Waals surface area contributed by atoms with Crippen molar-refractivity contribution < 1.29 is 0 Å². The molecule has 0 aromatic rings. The molecule has 1 unspecified atom stereocenters. The predicted octanol–water partition coefficient (Wildman–Crippen LogP) is 1.56. The molecule has 1 fully saturated rings. The molecule has 1 N–H and O–H groups in total. The number of nitrogens with one attached hydrogen (secondary N) is 1. The Morgan fingerprint density at radius 2 is 2.44 bits per heavy atom. The van der Waals surface area contributed by atoms with Gasteiger partial charge in [-0.3, -0.25) is 0 Å². The molecule has 0 bridgehead atoms. The van der Waals surface area contributed by atoms with Crippen molar-refractivity contribution in [3.8, 4) is 0 Å². The molecule has 0 saturated carbocycles. The average molecular weight is 125 g/mol. The van der Waals surface area contributed by atoms with Crippen molar-refractivity contribution in [2.75, 3.05) is 13.1 Å². The van der Waals surface area contributed by atoms with Crippen LogP contribution in [0.15, 0.2) is 12.2 Å². The summed E-state index contributed by atoms with van der Waals surface area (Å²) < 4.78 is 0. The molecule has 1 saturated heterocycles. The molecular weight excluding hydrogens is 110 g/mol. The van der Waals surface area contributed by atoms with Gasteiger partial charge >= 0.3 is 0 Å². The maximum atomic E-state index is 3.37. The molecule has 1 aliphatic rings. The van der Waals surface area contributed by atoms with Crippen LogP contribution in [-0.2, 0) is 0 Å². The van der Waals surface area contributed by atoms with Crippen LogP contribution in [0, 0.1) is 5.92 Å². The number of hydrogen-bond acceptors (Lipinski definition) is 1. The highest BCUT2D eigenvalue weighted by atomic mass is 14.9. The highest BCUT2D eigenvalue weighted by molar-refractivity contribution is 4.88. The van der Waals surface area contributed by atoms with Crippen LogP contribution in [-0.4, -0.2) is 13.1 Å². The van der Waals surface area contributed by atoms with Crippen LogP contribution in [0.2, 0.25) is 0 Å². The molecule has 1 rings (SSSR count). The van der Waals surface area contributed by atoms with Crippen LogP contribution in [0.3, 0.4) is 0 Å². The van der Waals surface area contributed by atoms with Gasteiger partial charge < -0.3 is 5.32 Å². The van der Waals surface area contributed by atoms with Crippen LogP contribution in [0.4, 0.5) is 0 Å². The summed E-state index contributed by atoms with van der Waals surface area (Å²) in [6, 6.07) is 0. The minimum Gasteiger partial charge on any atom is -0.316 e. The van der Waals surface area contributed by atoms with Crippen molar-refractivity contribution in [1.29, 1.82) is 0 Å². The van der Waals surface area contributed by atoms with Gasteiger partial charge in [-0.05, 0) is 32.2 Å². The van der Waals surface area contributed by atoms with Gasteiger partial charge in [0.25, 0.3) is 0 Å². The molecule has 0 aromatic heterocycles. The highest BCUT2D eigenvalue weighted by Gasteiger charge is 2.07. The Kier molecular flexibility index (Phi) is 2.78. The maximum Gasteiger partial charge on any atom is 0.00142 e. The van der Waals surface area contributed by atoms with Crippen molar-refractivity contribution in [3.63, 3.8) is 0 Å². The van der Waals surface area contributed by atoms with Crippen LogP contribution in [0.25, 0.3) is 0 Å². The van der Waals surface area contributed by atoms with Gasteiger partial charge in [0.15, 0.2) is 0 Å². The molecule has 0 amide bonds. The predicted molar refractivity (Wildman–Crippen MR) is 40.4 cm³/mol. The van der Waals surface area contributed by atoms with Crippen LogP contribution in [0.5, 0.6) is 0 Å². The van der Waals surface area contributed by atoms with E-state index < -0.39 is 0 Å². The summed E-state index contributed by atoms with van der Waals surface area (Å²) in [5.41, 5.74) is 0. The van der Waals surface area contributed by atoms with E-state index in [0.717, 1.165) is 5.92 Å². The standard InChI is InChI=1S/C8H15N/c1-2-4-8-5-3-6-9-7-8/h2,4,8-9H,3,5-7H2,1H3/b4-2+. The molecule has 9 heavy (non-hydrogen) atoms. The van der Waals surface area contributed by atoms with Crippen LogP contribution >= 0.6 is 0 Å². The maximum absolute atomic E-state index is 3.37. The SMILES string of the molecule is C/C=C/C1CCCNC1. The first-order chi connectivity index (χ1) is 4.43. The lowest BCUT2D eigenvalue weighted by atomic mass is 9.99. The Labute approximate surface area is 57.1 Å². The molecule has 0 spiro atoms. The van der Waals surface area contributed by atoms with Crippen molar-refractivity contribution >= 4 is 0 Å². The largest absolute Gasteiger partial charge is 0.316 e. The van der Waals surface area contributed by atoms with Gasteiger partial charge in [-0.2, -0.15) is 0 Å². The van der Waals surface area contributed by atoms with E-state index in [1.165, 1.54) is 25.9 Å². The monoisotopic (exact) mass is 125 g/mol. The second-order valence-electron chi connectivity index (χ2n) is 2.63. The zero-order chi connectivity index (χ0) is 6.53. The van der Waals surface area contributed by atoms with E-state index in [1.54, 1.807) is 0 Å². The molecule has 1 aliphatic heterocycles. The molecule has 52 valence electrons. The Balaban J connectivity index is 2.23. The molecule has 1 heteroatoms. The normalized spacial score (nSPS) is 29.2. The zero-order valence-electron chi connectivity index (χ0n) is 6.06. The topological polar surface area (TPSA) is 12.0 Å². The summed E-state index contributed by atoms with van der Waals surface area (Å²) >= 11 is 0. The first kappa shape index (κ1) is 6.81. The van der Waals surface area contributed by atoms with Crippen LogP contribution in [0.1, 0.15) is 19.8 Å². The van der Waals surface area contributed by atoms with E-state index in [0.29, 0.717) is 0 Å². The average Bonchev–Trinajstić information content (AvgIpc) is 1.91. The van der Waals surface area contributed by atoms with Crippen molar-refractivity contribution in [3.05, 3.63) is 12.2 Å². The molecule has 1 atom stereocenters. The van der Waals surface area contributed by atoms with Gasteiger partial charge in [-0.15, -0.1) is 0 Å². The Hall–Kier alpha value is -0.300. The summed E-state index contributed by atoms with van der Waals surface area (Å²) in [5, 5.41) is 3.37. The quantitative estimate of drug-likeness (QED) is 0.524. The van der Waals surface area contributed by atoms with Gasteiger partial charge in [-0.1, -0.05) is 12.2 Å². The smallest absolute Gasteiger partial charge is 0.00142 e. The number of hydrogen-bond donors (Lipinski definition) is 1. The summed E-state index contributed by atoms with van der Waals surface area (Å²) in [6.07, 6.45) is 7.16. The third-order valence-electron chi connectivity index (χ3n) is 1.80. The number of rotatable bonds is 1. The zero-order valence-corrected chi connectivity index (χ0v) is 6.06. The molecule has 1 heterocycles. The fraction of sp³-hybridized carbons (Fsp3) is 0.750. The third kappa shape index (κ3) is 2.19. The van der Waals surface area contributed by atoms with Gasteiger partial charge in [0.05, 0.1) is 0 Å². The van der Waals surface area contributed by atoms with E-state index >= 15 is 0 Å². The van der Waals surface area contributed by atoms with E-state index in [9.17, 15) is 0 Å². The first-order valence-corrected chi connectivity index (χ1v) is 3.77. The lowest BCUT2D eigenvalue weighted by Crippen LogP contribution is -2.28. The van der Waals surface area contributed by atoms with Crippen molar-refractivity contribution in [1.82, 2.24) is 5.32 Å².